The molecule has 1 aromatic carbocycles. The Kier molecular flexibility index (Phi) is 4.67. The first-order chi connectivity index (χ1) is 16.4. The lowest BCUT2D eigenvalue weighted by Crippen LogP contribution is -2.49. The molecule has 0 radical (unpaired) electrons. The number of carbonyl (C=O) groups is 2. The Morgan fingerprint density at radius 2 is 1.65 bits per heavy atom. The largest absolute Gasteiger partial charge is 0.277 e. The average Bonchev–Trinajstić information content (AvgIpc) is 3.26. The molecule has 1 aliphatic heterocycles. The van der Waals surface area contributed by atoms with Crippen LogP contribution in [0, 0.1) is 29.1 Å². The van der Waals surface area contributed by atoms with Gasteiger partial charge in [0.1, 0.15) is 11.6 Å². The summed E-state index contributed by atoms with van der Waals surface area (Å²) in [4.78, 5) is 26.6. The van der Waals surface area contributed by atoms with Gasteiger partial charge in [-0.25, -0.2) is 4.68 Å². The van der Waals surface area contributed by atoms with Gasteiger partial charge in [-0.05, 0) is 87.0 Å². The highest BCUT2D eigenvalue weighted by Gasteiger charge is 2.53. The maximum absolute atomic E-state index is 13.1. The predicted octanol–water partition coefficient (Wildman–Crippen LogP) is 4.56. The molecule has 6 nitrogen and oxygen atoms in total. The lowest BCUT2D eigenvalue weighted by molar-refractivity contribution is -0.138. The summed E-state index contributed by atoms with van der Waals surface area (Å²) in [6.45, 7) is 1.69. The van der Waals surface area contributed by atoms with Gasteiger partial charge in [0.15, 0.2) is 0 Å². The summed E-state index contributed by atoms with van der Waals surface area (Å²) in [5.74, 6) is 1.38. The molecule has 4 saturated carbocycles. The summed E-state index contributed by atoms with van der Waals surface area (Å²) in [5, 5.41) is 14.7. The maximum Gasteiger partial charge on any atom is 0.271 e. The van der Waals surface area contributed by atoms with E-state index < -0.39 is 5.91 Å². The fourth-order valence-electron chi connectivity index (χ4n) is 7.37. The Morgan fingerprint density at radius 1 is 1.03 bits per heavy atom. The SMILES string of the molecule is CC1=C(C#N)C(=O)N(C)C(=O)C1=Cc1cn(-c2ccccc2)nc1C12CC3CC(CC(C3)C1)C2. The van der Waals surface area contributed by atoms with E-state index in [0.29, 0.717) is 11.1 Å². The number of benzene rings is 1. The van der Waals surface area contributed by atoms with E-state index in [2.05, 4.69) is 0 Å². The first-order valence-corrected chi connectivity index (χ1v) is 12.2. The highest BCUT2D eigenvalue weighted by molar-refractivity contribution is 6.19. The zero-order valence-electron chi connectivity index (χ0n) is 19.6. The highest BCUT2D eigenvalue weighted by atomic mass is 16.2. The standard InChI is InChI=1S/C28H28N4O2/c1-17-23(26(33)31(2)27(34)24(17)15-29)11-21-16-32(22-6-4-3-5-7-22)30-25(21)28-12-18-8-19(13-28)10-20(9-18)14-28/h3-7,11,16,18-20H,8-10,12-14H2,1-2H3. The van der Waals surface area contributed by atoms with Crippen molar-refractivity contribution in [2.45, 2.75) is 50.9 Å². The zero-order chi connectivity index (χ0) is 23.6. The number of hydrogen-bond donors (Lipinski definition) is 0. The number of amides is 2. The quantitative estimate of drug-likeness (QED) is 0.505. The lowest BCUT2D eigenvalue weighted by Gasteiger charge is -2.56. The Bertz CT molecular complexity index is 1270. The van der Waals surface area contributed by atoms with Crippen molar-refractivity contribution in [2.24, 2.45) is 17.8 Å². The molecule has 2 amide bonds. The summed E-state index contributed by atoms with van der Waals surface area (Å²) in [5.41, 5.74) is 3.88. The second kappa shape index (κ2) is 7.53. The molecule has 0 unspecified atom stereocenters. The van der Waals surface area contributed by atoms with Gasteiger partial charge < -0.3 is 0 Å². The summed E-state index contributed by atoms with van der Waals surface area (Å²) >= 11 is 0. The van der Waals surface area contributed by atoms with Crippen LogP contribution in [0.25, 0.3) is 11.8 Å². The van der Waals surface area contributed by atoms with Crippen LogP contribution in [-0.2, 0) is 15.0 Å². The van der Waals surface area contributed by atoms with Gasteiger partial charge in [0.25, 0.3) is 11.8 Å². The number of hydrogen-bond acceptors (Lipinski definition) is 4. The van der Waals surface area contributed by atoms with E-state index in [1.54, 1.807) is 6.92 Å². The van der Waals surface area contributed by atoms with Crippen LogP contribution >= 0.6 is 0 Å². The van der Waals surface area contributed by atoms with Crippen LogP contribution < -0.4 is 0 Å². The van der Waals surface area contributed by atoms with Gasteiger partial charge >= 0.3 is 0 Å². The molecular formula is C28H28N4O2. The smallest absolute Gasteiger partial charge is 0.271 e. The van der Waals surface area contributed by atoms with Crippen LogP contribution in [0.4, 0.5) is 0 Å². The zero-order valence-corrected chi connectivity index (χ0v) is 19.6. The van der Waals surface area contributed by atoms with Gasteiger partial charge in [-0.1, -0.05) is 18.2 Å². The normalized spacial score (nSPS) is 31.5. The van der Waals surface area contributed by atoms with Gasteiger partial charge in [0.05, 0.1) is 11.4 Å². The van der Waals surface area contributed by atoms with Crippen molar-refractivity contribution in [2.75, 3.05) is 7.05 Å². The molecule has 34 heavy (non-hydrogen) atoms. The molecule has 4 aliphatic carbocycles. The predicted molar refractivity (Wildman–Crippen MR) is 127 cm³/mol. The van der Waals surface area contributed by atoms with Crippen LogP contribution in [0.3, 0.4) is 0 Å². The Balaban J connectivity index is 1.53. The Labute approximate surface area is 199 Å². The second-order valence-electron chi connectivity index (χ2n) is 10.8. The Morgan fingerprint density at radius 3 is 2.24 bits per heavy atom. The molecule has 0 saturated heterocycles. The fourth-order valence-corrected chi connectivity index (χ4v) is 7.37. The summed E-state index contributed by atoms with van der Waals surface area (Å²) < 4.78 is 1.92. The van der Waals surface area contributed by atoms with Crippen LogP contribution in [0.1, 0.15) is 56.7 Å². The molecule has 172 valence electrons. The van der Waals surface area contributed by atoms with Crippen LogP contribution in [0.15, 0.2) is 53.2 Å². The van der Waals surface area contributed by atoms with Gasteiger partial charge in [-0.15, -0.1) is 0 Å². The molecule has 0 N–H and O–H groups in total. The topological polar surface area (TPSA) is 79.0 Å². The van der Waals surface area contributed by atoms with Crippen molar-refractivity contribution in [1.29, 1.82) is 5.26 Å². The van der Waals surface area contributed by atoms with Gasteiger partial charge in [-0.2, -0.15) is 10.4 Å². The van der Waals surface area contributed by atoms with Crippen molar-refractivity contribution < 1.29 is 9.59 Å². The van der Waals surface area contributed by atoms with Crippen LogP contribution in [0.2, 0.25) is 0 Å². The van der Waals surface area contributed by atoms with E-state index in [-0.39, 0.29) is 16.9 Å². The minimum atomic E-state index is -0.538. The fraction of sp³-hybridized carbons (Fsp3) is 0.429. The third kappa shape index (κ3) is 3.10. The molecular weight excluding hydrogens is 424 g/mol. The Hall–Kier alpha value is -3.46. The highest BCUT2D eigenvalue weighted by Crippen LogP contribution is 2.61. The van der Waals surface area contributed by atoms with Gasteiger partial charge in [0, 0.05) is 29.8 Å². The number of imide groups is 1. The number of nitriles is 1. The molecule has 1 aromatic heterocycles. The first kappa shape index (κ1) is 21.1. The summed E-state index contributed by atoms with van der Waals surface area (Å²) in [6, 6.07) is 12.0. The lowest BCUT2D eigenvalue weighted by atomic mass is 9.48. The van der Waals surface area contributed by atoms with E-state index >= 15 is 0 Å². The molecule has 7 rings (SSSR count). The molecule has 5 aliphatic rings. The van der Waals surface area contributed by atoms with E-state index in [4.69, 9.17) is 5.10 Å². The third-order valence-corrected chi connectivity index (χ3v) is 8.55. The first-order valence-electron chi connectivity index (χ1n) is 12.2. The molecule has 2 aromatic rings. The van der Waals surface area contributed by atoms with Crippen molar-refractivity contribution in [1.82, 2.24) is 14.7 Å². The van der Waals surface area contributed by atoms with Crippen LogP contribution in [0.5, 0.6) is 0 Å². The van der Waals surface area contributed by atoms with E-state index in [1.165, 1.54) is 26.3 Å². The van der Waals surface area contributed by atoms with Crippen molar-refractivity contribution in [3.8, 4) is 11.8 Å². The summed E-state index contributed by atoms with van der Waals surface area (Å²) in [6.07, 6.45) is 11.4. The van der Waals surface area contributed by atoms with Crippen molar-refractivity contribution >= 4 is 17.9 Å². The molecule has 4 fully saturated rings. The monoisotopic (exact) mass is 452 g/mol. The molecule has 0 atom stereocenters. The van der Waals surface area contributed by atoms with Crippen molar-refractivity contribution in [3.63, 3.8) is 0 Å². The maximum atomic E-state index is 13.1. The number of likely N-dealkylation sites (N-methyl/N-ethyl adjacent to an activating group) is 1. The van der Waals surface area contributed by atoms with E-state index in [1.807, 2.05) is 53.4 Å². The minimum Gasteiger partial charge on any atom is -0.277 e. The number of carbonyl (C=O) groups excluding carboxylic acids is 2. The molecule has 4 bridgehead atoms. The van der Waals surface area contributed by atoms with E-state index in [0.717, 1.165) is 58.9 Å². The summed E-state index contributed by atoms with van der Waals surface area (Å²) in [7, 11) is 1.44. The third-order valence-electron chi connectivity index (χ3n) is 8.55. The van der Waals surface area contributed by atoms with Gasteiger partial charge in [-0.3, -0.25) is 14.5 Å². The minimum absolute atomic E-state index is 0.0279. The molecule has 6 heteroatoms. The number of rotatable bonds is 3. The number of nitrogens with zero attached hydrogens (tertiary/aromatic N) is 4. The average molecular weight is 453 g/mol. The van der Waals surface area contributed by atoms with Crippen LogP contribution in [-0.4, -0.2) is 33.5 Å². The van der Waals surface area contributed by atoms with Crippen molar-refractivity contribution in [3.05, 3.63) is 64.5 Å². The number of aromatic nitrogens is 2. The number of para-hydroxylation sites is 1. The molecule has 2 heterocycles. The second-order valence-corrected chi connectivity index (χ2v) is 10.8. The molecule has 0 spiro atoms. The van der Waals surface area contributed by atoms with Gasteiger partial charge in [0.2, 0.25) is 0 Å². The van der Waals surface area contributed by atoms with E-state index in [9.17, 15) is 14.9 Å².